The van der Waals surface area contributed by atoms with Crippen molar-refractivity contribution in [3.63, 3.8) is 0 Å². The largest absolute Gasteiger partial charge is 0.366 e. The maximum Gasteiger partial charge on any atom is 0.251 e. The summed E-state index contributed by atoms with van der Waals surface area (Å²) in [4.78, 5) is 23.4. The van der Waals surface area contributed by atoms with Crippen molar-refractivity contribution < 1.29 is 18.0 Å². The van der Waals surface area contributed by atoms with E-state index >= 15 is 0 Å². The van der Waals surface area contributed by atoms with Crippen molar-refractivity contribution in [1.29, 1.82) is 0 Å². The van der Waals surface area contributed by atoms with Gasteiger partial charge < -0.3 is 11.1 Å². The van der Waals surface area contributed by atoms with Crippen LogP contribution in [0, 0.1) is 0 Å². The van der Waals surface area contributed by atoms with Crippen molar-refractivity contribution in [3.05, 3.63) is 64.2 Å². The Labute approximate surface area is 156 Å². The average Bonchev–Trinajstić information content (AvgIpc) is 2.55. The Bertz CT molecular complexity index is 945. The number of amides is 2. The molecule has 0 atom stereocenters. The Balaban J connectivity index is 2.01. The zero-order valence-corrected chi connectivity index (χ0v) is 15.5. The number of primary amides is 1. The number of halogens is 1. The van der Waals surface area contributed by atoms with E-state index in [4.69, 9.17) is 17.3 Å². The van der Waals surface area contributed by atoms with Gasteiger partial charge in [-0.25, -0.2) is 8.42 Å². The number of hydrogen-bond acceptors (Lipinski definition) is 4. The summed E-state index contributed by atoms with van der Waals surface area (Å²) in [6, 6.07) is 11.2. The number of carbonyl (C=O) groups is 2. The molecule has 0 spiro atoms. The summed E-state index contributed by atoms with van der Waals surface area (Å²) >= 11 is 5.94. The lowest BCUT2D eigenvalue weighted by Gasteiger charge is -2.10. The number of rotatable bonds is 7. The first-order valence-corrected chi connectivity index (χ1v) is 9.87. The zero-order chi connectivity index (χ0) is 19.3. The van der Waals surface area contributed by atoms with Crippen LogP contribution in [0.4, 0.5) is 5.69 Å². The second-order valence-corrected chi connectivity index (χ2v) is 7.80. The maximum absolute atomic E-state index is 12.2. The number of sulfonamides is 1. The lowest BCUT2D eigenvalue weighted by atomic mass is 10.1. The number of anilines is 1. The van der Waals surface area contributed by atoms with Crippen molar-refractivity contribution in [2.24, 2.45) is 5.73 Å². The third kappa shape index (κ3) is 5.75. The fourth-order valence-corrected chi connectivity index (χ4v) is 3.04. The van der Waals surface area contributed by atoms with Crippen LogP contribution in [0.25, 0.3) is 0 Å². The molecule has 2 aromatic carbocycles. The summed E-state index contributed by atoms with van der Waals surface area (Å²) in [5.41, 5.74) is 6.91. The van der Waals surface area contributed by atoms with E-state index in [9.17, 15) is 18.0 Å². The number of nitrogens with one attached hydrogen (secondary N) is 2. The minimum absolute atomic E-state index is 0.135. The van der Waals surface area contributed by atoms with Crippen LogP contribution in [-0.2, 0) is 16.4 Å². The molecule has 0 fully saturated rings. The van der Waals surface area contributed by atoms with Crippen LogP contribution >= 0.6 is 11.6 Å². The quantitative estimate of drug-likeness (QED) is 0.662. The molecule has 0 aliphatic carbocycles. The van der Waals surface area contributed by atoms with Crippen LogP contribution in [-0.4, -0.2) is 33.0 Å². The number of carbonyl (C=O) groups excluding carboxylic acids is 2. The van der Waals surface area contributed by atoms with E-state index < -0.39 is 15.9 Å². The van der Waals surface area contributed by atoms with Gasteiger partial charge in [-0.3, -0.25) is 14.3 Å². The molecule has 0 bridgehead atoms. The SMILES string of the molecule is CS(=O)(=O)Nc1cc(C(=O)NCCc2cccc(C(N)=O)c2)ccc1Cl. The third-order valence-electron chi connectivity index (χ3n) is 3.43. The topological polar surface area (TPSA) is 118 Å². The Morgan fingerprint density at radius 3 is 2.50 bits per heavy atom. The molecule has 4 N–H and O–H groups in total. The molecule has 0 aromatic heterocycles. The zero-order valence-electron chi connectivity index (χ0n) is 14.0. The Hall–Kier alpha value is -2.58. The van der Waals surface area contributed by atoms with E-state index in [0.717, 1.165) is 11.8 Å². The Morgan fingerprint density at radius 1 is 1.12 bits per heavy atom. The van der Waals surface area contributed by atoms with Crippen LogP contribution in [0.5, 0.6) is 0 Å². The van der Waals surface area contributed by atoms with Gasteiger partial charge in [-0.15, -0.1) is 0 Å². The van der Waals surface area contributed by atoms with Crippen LogP contribution in [0.2, 0.25) is 5.02 Å². The van der Waals surface area contributed by atoms with Gasteiger partial charge in [0.05, 0.1) is 17.0 Å². The minimum atomic E-state index is -3.51. The van der Waals surface area contributed by atoms with Crippen LogP contribution < -0.4 is 15.8 Å². The highest BCUT2D eigenvalue weighted by Crippen LogP contribution is 2.23. The van der Waals surface area contributed by atoms with Crippen molar-refractivity contribution >= 4 is 39.1 Å². The first-order chi connectivity index (χ1) is 12.2. The van der Waals surface area contributed by atoms with Crippen molar-refractivity contribution in [2.75, 3.05) is 17.5 Å². The standard InChI is InChI=1S/C17H18ClN3O4S/c1-26(24,25)21-15-10-13(5-6-14(15)18)17(23)20-8-7-11-3-2-4-12(9-11)16(19)22/h2-6,9-10,21H,7-8H2,1H3,(H2,19,22)(H,20,23). The second-order valence-electron chi connectivity index (χ2n) is 5.64. The highest BCUT2D eigenvalue weighted by Gasteiger charge is 2.11. The van der Waals surface area contributed by atoms with Gasteiger partial charge in [0.2, 0.25) is 15.9 Å². The lowest BCUT2D eigenvalue weighted by molar-refractivity contribution is 0.0952. The highest BCUT2D eigenvalue weighted by molar-refractivity contribution is 7.92. The highest BCUT2D eigenvalue weighted by atomic mass is 35.5. The summed E-state index contributed by atoms with van der Waals surface area (Å²) in [7, 11) is -3.51. The van der Waals surface area contributed by atoms with E-state index in [1.54, 1.807) is 18.2 Å². The van der Waals surface area contributed by atoms with E-state index in [2.05, 4.69) is 10.0 Å². The fourth-order valence-electron chi connectivity index (χ4n) is 2.25. The number of nitrogens with two attached hydrogens (primary N) is 1. The molecule has 138 valence electrons. The van der Waals surface area contributed by atoms with Crippen molar-refractivity contribution in [3.8, 4) is 0 Å². The van der Waals surface area contributed by atoms with Crippen LogP contribution in [0.15, 0.2) is 42.5 Å². The molecule has 26 heavy (non-hydrogen) atoms. The van der Waals surface area contributed by atoms with Gasteiger partial charge in [0.15, 0.2) is 0 Å². The lowest BCUT2D eigenvalue weighted by Crippen LogP contribution is -2.26. The average molecular weight is 396 g/mol. The maximum atomic E-state index is 12.2. The second kappa shape index (κ2) is 8.20. The molecule has 9 heteroatoms. The normalized spacial score (nSPS) is 11.0. The predicted molar refractivity (Wildman–Crippen MR) is 101 cm³/mol. The molecule has 0 saturated heterocycles. The molecule has 2 rings (SSSR count). The molecular weight excluding hydrogens is 378 g/mol. The van der Waals surface area contributed by atoms with Crippen LogP contribution in [0.3, 0.4) is 0 Å². The minimum Gasteiger partial charge on any atom is -0.366 e. The molecule has 0 unspecified atom stereocenters. The monoisotopic (exact) mass is 395 g/mol. The van der Waals surface area contributed by atoms with E-state index in [1.807, 2.05) is 6.07 Å². The van der Waals surface area contributed by atoms with Crippen molar-refractivity contribution in [2.45, 2.75) is 6.42 Å². The van der Waals surface area contributed by atoms with Crippen LogP contribution in [0.1, 0.15) is 26.3 Å². The van der Waals surface area contributed by atoms with Crippen molar-refractivity contribution in [1.82, 2.24) is 5.32 Å². The number of benzene rings is 2. The van der Waals surface area contributed by atoms with Gasteiger partial charge in [0.25, 0.3) is 5.91 Å². The first kappa shape index (κ1) is 19.7. The van der Waals surface area contributed by atoms with Gasteiger partial charge >= 0.3 is 0 Å². The smallest absolute Gasteiger partial charge is 0.251 e. The molecular formula is C17H18ClN3O4S. The summed E-state index contributed by atoms with van der Waals surface area (Å²) in [5, 5.41) is 2.92. The summed E-state index contributed by atoms with van der Waals surface area (Å²) in [5.74, 6) is -0.882. The molecule has 0 saturated carbocycles. The molecule has 0 radical (unpaired) electrons. The molecule has 0 aliphatic heterocycles. The van der Waals surface area contributed by atoms with Gasteiger partial charge in [0, 0.05) is 17.7 Å². The van der Waals surface area contributed by atoms with E-state index in [1.165, 1.54) is 18.2 Å². The fraction of sp³-hybridized carbons (Fsp3) is 0.176. The summed E-state index contributed by atoms with van der Waals surface area (Å²) in [6.07, 6.45) is 1.51. The van der Waals surface area contributed by atoms with Gasteiger partial charge in [-0.2, -0.15) is 0 Å². The van der Waals surface area contributed by atoms with Gasteiger partial charge in [0.1, 0.15) is 0 Å². The molecule has 7 nitrogen and oxygen atoms in total. The molecule has 2 aromatic rings. The predicted octanol–water partition coefficient (Wildman–Crippen LogP) is 1.78. The Morgan fingerprint density at radius 2 is 1.85 bits per heavy atom. The molecule has 0 aliphatic rings. The third-order valence-corrected chi connectivity index (χ3v) is 4.35. The summed E-state index contributed by atoms with van der Waals surface area (Å²) in [6.45, 7) is 0.332. The Kier molecular flexibility index (Phi) is 6.23. The number of hydrogen-bond donors (Lipinski definition) is 3. The molecule has 2 amide bonds. The van der Waals surface area contributed by atoms with E-state index in [0.29, 0.717) is 18.5 Å². The van der Waals surface area contributed by atoms with E-state index in [-0.39, 0.29) is 22.2 Å². The first-order valence-electron chi connectivity index (χ1n) is 7.60. The summed E-state index contributed by atoms with van der Waals surface area (Å²) < 4.78 is 24.9. The van der Waals surface area contributed by atoms with Gasteiger partial charge in [-0.05, 0) is 42.3 Å². The van der Waals surface area contributed by atoms with Gasteiger partial charge in [-0.1, -0.05) is 23.7 Å². The molecule has 0 heterocycles.